The molecule has 0 unspecified atom stereocenters. The van der Waals surface area contributed by atoms with Crippen LogP contribution in [0.1, 0.15) is 41.5 Å². The number of hydrogen-bond acceptors (Lipinski definition) is 2. The van der Waals surface area contributed by atoms with Gasteiger partial charge in [-0.3, -0.25) is 4.90 Å². The quantitative estimate of drug-likeness (QED) is 0.309. The van der Waals surface area contributed by atoms with Gasteiger partial charge in [0.1, 0.15) is 0 Å². The molecule has 3 aromatic rings. The van der Waals surface area contributed by atoms with Crippen LogP contribution >= 0.6 is 24.2 Å². The molecule has 0 bridgehead atoms. The molecule has 0 N–H and O–H groups in total. The van der Waals surface area contributed by atoms with E-state index in [0.717, 1.165) is 23.6 Å². The van der Waals surface area contributed by atoms with Gasteiger partial charge in [0.25, 0.3) is 0 Å². The Morgan fingerprint density at radius 3 is 1.94 bits per heavy atom. The molecule has 1 atom stereocenters. The van der Waals surface area contributed by atoms with E-state index < -0.39 is 11.7 Å². The van der Waals surface area contributed by atoms with Crippen LogP contribution in [0.3, 0.4) is 0 Å². The molecule has 0 aliphatic rings. The maximum atomic E-state index is 13.4. The van der Waals surface area contributed by atoms with Gasteiger partial charge in [0.2, 0.25) is 0 Å². The fourth-order valence-corrected chi connectivity index (χ4v) is 4.58. The number of nitrogens with zero attached hydrogens (tertiary/aromatic N) is 1. The molecular weight excluding hydrogens is 451 g/mol. The third kappa shape index (κ3) is 6.31. The second-order valence-corrected chi connectivity index (χ2v) is 8.77. The summed E-state index contributed by atoms with van der Waals surface area (Å²) in [6.07, 6.45) is -3.67. The fourth-order valence-electron chi connectivity index (χ4n) is 3.92. The van der Waals surface area contributed by atoms with Gasteiger partial charge >= 0.3 is 6.18 Å². The van der Waals surface area contributed by atoms with Gasteiger partial charge in [-0.15, -0.1) is 0 Å². The lowest BCUT2D eigenvalue weighted by atomic mass is 9.90. The van der Waals surface area contributed by atoms with Crippen molar-refractivity contribution in [3.8, 4) is 0 Å². The number of thiol groups is 1. The number of rotatable bonds is 9. The van der Waals surface area contributed by atoms with Crippen molar-refractivity contribution < 1.29 is 13.2 Å². The molecule has 6 heteroatoms. The molecule has 170 valence electrons. The Hall–Kier alpha value is -1.95. The average Bonchev–Trinajstić information content (AvgIpc) is 2.78. The predicted octanol–water partition coefficient (Wildman–Crippen LogP) is 7.70. The zero-order chi connectivity index (χ0) is 23.1. The van der Waals surface area contributed by atoms with E-state index in [4.69, 9.17) is 11.6 Å². The van der Waals surface area contributed by atoms with Crippen LogP contribution in [0.2, 0.25) is 5.02 Å². The molecule has 0 radical (unpaired) electrons. The van der Waals surface area contributed by atoms with Crippen molar-refractivity contribution in [2.45, 2.75) is 38.0 Å². The van der Waals surface area contributed by atoms with Gasteiger partial charge in [-0.1, -0.05) is 84.4 Å². The van der Waals surface area contributed by atoms with E-state index in [1.165, 1.54) is 6.07 Å². The molecule has 0 amide bonds. The van der Waals surface area contributed by atoms with Gasteiger partial charge in [-0.25, -0.2) is 0 Å². The lowest BCUT2D eigenvalue weighted by Gasteiger charge is -2.33. The van der Waals surface area contributed by atoms with Crippen LogP contribution in [0.15, 0.2) is 78.9 Å². The number of alkyl halides is 3. The molecule has 0 aliphatic heterocycles. The summed E-state index contributed by atoms with van der Waals surface area (Å²) in [5.41, 5.74) is 2.02. The summed E-state index contributed by atoms with van der Waals surface area (Å²) in [6.45, 7) is 3.06. The highest BCUT2D eigenvalue weighted by molar-refractivity contribution is 7.80. The van der Waals surface area contributed by atoms with E-state index in [9.17, 15) is 13.2 Å². The molecule has 0 fully saturated rings. The van der Waals surface area contributed by atoms with E-state index >= 15 is 0 Å². The number of halogens is 4. The monoisotopic (exact) mass is 477 g/mol. The molecule has 0 aromatic heterocycles. The van der Waals surface area contributed by atoms with Crippen molar-refractivity contribution in [3.05, 3.63) is 106 Å². The fraction of sp³-hybridized carbons (Fsp3) is 0.308. The Balaban J connectivity index is 1.97. The Kier molecular flexibility index (Phi) is 8.69. The first-order chi connectivity index (χ1) is 15.3. The second-order valence-electron chi connectivity index (χ2n) is 7.94. The molecule has 3 aromatic carbocycles. The second kappa shape index (κ2) is 11.3. The van der Waals surface area contributed by atoms with E-state index in [0.29, 0.717) is 24.4 Å². The summed E-state index contributed by atoms with van der Waals surface area (Å²) >= 11 is 10.6. The maximum Gasteiger partial charge on any atom is 0.417 e. The molecule has 0 spiro atoms. The Morgan fingerprint density at radius 1 is 0.875 bits per heavy atom. The summed E-state index contributed by atoms with van der Waals surface area (Å²) in [5.74, 6) is 0.763. The van der Waals surface area contributed by atoms with Crippen LogP contribution in [0.25, 0.3) is 0 Å². The van der Waals surface area contributed by atoms with Gasteiger partial charge < -0.3 is 0 Å². The highest BCUT2D eigenvalue weighted by atomic mass is 35.5. The van der Waals surface area contributed by atoms with Crippen molar-refractivity contribution in [2.24, 2.45) is 0 Å². The van der Waals surface area contributed by atoms with E-state index in [1.807, 2.05) is 36.4 Å². The van der Waals surface area contributed by atoms with Crippen LogP contribution in [0.5, 0.6) is 0 Å². The topological polar surface area (TPSA) is 3.24 Å². The lowest BCUT2D eigenvalue weighted by molar-refractivity contribution is -0.137. The van der Waals surface area contributed by atoms with Gasteiger partial charge in [-0.05, 0) is 41.9 Å². The van der Waals surface area contributed by atoms with E-state index in [1.54, 1.807) is 6.07 Å². The molecule has 0 saturated heterocycles. The largest absolute Gasteiger partial charge is 0.417 e. The molecule has 32 heavy (non-hydrogen) atoms. The number of benzene rings is 3. The van der Waals surface area contributed by atoms with Crippen molar-refractivity contribution in [1.82, 2.24) is 4.90 Å². The number of hydrogen-bond donors (Lipinski definition) is 1. The molecule has 0 aliphatic carbocycles. The third-order valence-corrected chi connectivity index (χ3v) is 6.45. The van der Waals surface area contributed by atoms with Crippen LogP contribution in [-0.4, -0.2) is 23.2 Å². The molecule has 0 saturated carbocycles. The predicted molar refractivity (Wildman–Crippen MR) is 130 cm³/mol. The van der Waals surface area contributed by atoms with Crippen molar-refractivity contribution in [1.29, 1.82) is 0 Å². The Labute approximate surface area is 198 Å². The van der Waals surface area contributed by atoms with Crippen LogP contribution in [0, 0.1) is 0 Å². The van der Waals surface area contributed by atoms with Crippen LogP contribution in [-0.2, 0) is 12.7 Å². The first kappa shape index (κ1) is 24.7. The minimum atomic E-state index is -4.48. The molecule has 3 rings (SSSR count). The zero-order valence-corrected chi connectivity index (χ0v) is 19.5. The van der Waals surface area contributed by atoms with Crippen LogP contribution < -0.4 is 0 Å². The van der Waals surface area contributed by atoms with E-state index in [-0.39, 0.29) is 17.0 Å². The average molecular weight is 478 g/mol. The first-order valence-electron chi connectivity index (χ1n) is 10.6. The molecular formula is C26H27ClF3NS. The maximum absolute atomic E-state index is 13.4. The van der Waals surface area contributed by atoms with Crippen molar-refractivity contribution >= 4 is 24.2 Å². The molecule has 1 nitrogen and oxygen atoms in total. The normalized spacial score (nSPS) is 13.0. The van der Waals surface area contributed by atoms with Gasteiger partial charge in [0.05, 0.1) is 10.6 Å². The minimum absolute atomic E-state index is 0.0735. The Morgan fingerprint density at radius 2 is 1.44 bits per heavy atom. The lowest BCUT2D eigenvalue weighted by Crippen LogP contribution is -2.37. The Bertz CT molecular complexity index is 940. The smallest absolute Gasteiger partial charge is 0.295 e. The SMILES string of the molecule is C[C@H](CCS)N(Cc1cccc(C(F)(F)F)c1Cl)CC(c1ccccc1)c1ccccc1. The van der Waals surface area contributed by atoms with Gasteiger partial charge in [-0.2, -0.15) is 25.8 Å². The molecule has 0 heterocycles. The van der Waals surface area contributed by atoms with Crippen molar-refractivity contribution in [2.75, 3.05) is 12.3 Å². The van der Waals surface area contributed by atoms with E-state index in [2.05, 4.69) is 48.7 Å². The summed E-state index contributed by atoms with van der Waals surface area (Å²) in [4.78, 5) is 2.21. The third-order valence-electron chi connectivity index (χ3n) is 5.75. The summed E-state index contributed by atoms with van der Waals surface area (Å²) in [5, 5.41) is -0.223. The zero-order valence-electron chi connectivity index (χ0n) is 17.9. The summed E-state index contributed by atoms with van der Waals surface area (Å²) in [7, 11) is 0. The first-order valence-corrected chi connectivity index (χ1v) is 11.6. The highest BCUT2D eigenvalue weighted by Gasteiger charge is 2.34. The summed E-state index contributed by atoms with van der Waals surface area (Å²) in [6, 6.07) is 24.6. The highest BCUT2D eigenvalue weighted by Crippen LogP contribution is 2.37. The summed E-state index contributed by atoms with van der Waals surface area (Å²) < 4.78 is 40.2. The van der Waals surface area contributed by atoms with Crippen molar-refractivity contribution in [3.63, 3.8) is 0 Å². The standard InChI is InChI=1S/C26H27ClF3NS/c1-19(15-16-32)31(17-22-13-8-14-24(25(22)27)26(28,29)30)18-23(20-9-4-2-5-10-20)21-11-6-3-7-12-21/h2-14,19,23,32H,15-18H2,1H3/t19-/m1/s1. The van der Waals surface area contributed by atoms with Gasteiger partial charge in [0.15, 0.2) is 0 Å². The van der Waals surface area contributed by atoms with Gasteiger partial charge in [0, 0.05) is 25.0 Å². The minimum Gasteiger partial charge on any atom is -0.295 e. The van der Waals surface area contributed by atoms with Crippen LogP contribution in [0.4, 0.5) is 13.2 Å².